The SMILES string of the molecule is c1ccc2cc(N(c3ccc4ccccc4c3)c3cc4c5cccc(-c6ccc(-c7cccc8c7oc7ccccc78)cc6)c5sc4c4ccccc34)ccc2c1. The minimum absolute atomic E-state index is 0.918. The number of rotatable bonds is 5. The summed E-state index contributed by atoms with van der Waals surface area (Å²) in [7, 11) is 0. The fourth-order valence-corrected chi connectivity index (χ4v) is 10.2. The van der Waals surface area contributed by atoms with E-state index in [9.17, 15) is 0 Å². The van der Waals surface area contributed by atoms with Crippen LogP contribution in [-0.2, 0) is 0 Å². The molecule has 0 fully saturated rings. The number of thiophene rings is 1. The Kier molecular flexibility index (Phi) is 7.13. The quantitative estimate of drug-likeness (QED) is 0.175. The largest absolute Gasteiger partial charge is 0.455 e. The van der Waals surface area contributed by atoms with Gasteiger partial charge in [0.05, 0.1) is 5.69 Å². The molecule has 2 nitrogen and oxygen atoms in total. The van der Waals surface area contributed by atoms with Crippen LogP contribution in [0.5, 0.6) is 0 Å². The molecular formula is C54H33NOS. The van der Waals surface area contributed by atoms with E-state index in [-0.39, 0.29) is 0 Å². The van der Waals surface area contributed by atoms with Crippen LogP contribution < -0.4 is 4.90 Å². The molecule has 3 heteroatoms. The van der Waals surface area contributed by atoms with Crippen LogP contribution in [0.4, 0.5) is 17.1 Å². The highest BCUT2D eigenvalue weighted by molar-refractivity contribution is 7.27. The Morgan fingerprint density at radius 3 is 1.58 bits per heavy atom. The molecule has 2 aromatic heterocycles. The smallest absolute Gasteiger partial charge is 0.143 e. The molecule has 0 unspecified atom stereocenters. The number of para-hydroxylation sites is 2. The molecule has 12 aromatic rings. The average molecular weight is 744 g/mol. The van der Waals surface area contributed by atoms with Crippen molar-refractivity contribution in [3.63, 3.8) is 0 Å². The molecule has 57 heavy (non-hydrogen) atoms. The molecule has 0 saturated heterocycles. The van der Waals surface area contributed by atoms with Crippen molar-refractivity contribution in [3.8, 4) is 22.3 Å². The van der Waals surface area contributed by atoms with Gasteiger partial charge in [0.2, 0.25) is 0 Å². The first-order chi connectivity index (χ1) is 28.2. The zero-order valence-electron chi connectivity index (χ0n) is 30.8. The van der Waals surface area contributed by atoms with Gasteiger partial charge in [-0.25, -0.2) is 0 Å². The van der Waals surface area contributed by atoms with E-state index in [4.69, 9.17) is 4.42 Å². The molecule has 2 heterocycles. The third-order valence-electron chi connectivity index (χ3n) is 11.6. The van der Waals surface area contributed by atoms with Crippen LogP contribution in [0.1, 0.15) is 0 Å². The van der Waals surface area contributed by atoms with Gasteiger partial charge < -0.3 is 9.32 Å². The van der Waals surface area contributed by atoms with Gasteiger partial charge in [-0.15, -0.1) is 11.3 Å². The molecule has 0 bridgehead atoms. The molecule has 0 spiro atoms. The van der Waals surface area contributed by atoms with Crippen LogP contribution in [0.15, 0.2) is 205 Å². The van der Waals surface area contributed by atoms with Crippen LogP contribution in [-0.4, -0.2) is 0 Å². The van der Waals surface area contributed by atoms with Crippen molar-refractivity contribution in [2.75, 3.05) is 4.90 Å². The minimum atomic E-state index is 0.918. The highest BCUT2D eigenvalue weighted by Gasteiger charge is 2.21. The van der Waals surface area contributed by atoms with Gasteiger partial charge >= 0.3 is 0 Å². The first-order valence-electron chi connectivity index (χ1n) is 19.4. The molecule has 0 N–H and O–H groups in total. The molecule has 0 saturated carbocycles. The normalized spacial score (nSPS) is 11.9. The van der Waals surface area contributed by atoms with Crippen molar-refractivity contribution in [1.82, 2.24) is 0 Å². The number of anilines is 3. The van der Waals surface area contributed by atoms with Gasteiger partial charge in [0.15, 0.2) is 0 Å². The lowest BCUT2D eigenvalue weighted by atomic mass is 9.97. The lowest BCUT2D eigenvalue weighted by Crippen LogP contribution is -2.10. The van der Waals surface area contributed by atoms with Crippen molar-refractivity contribution >= 4 is 103 Å². The molecule has 0 radical (unpaired) electrons. The first kappa shape index (κ1) is 32.1. The summed E-state index contributed by atoms with van der Waals surface area (Å²) in [4.78, 5) is 2.45. The fourth-order valence-electron chi connectivity index (χ4n) is 8.88. The maximum atomic E-state index is 6.40. The van der Waals surface area contributed by atoms with E-state index in [0.29, 0.717) is 0 Å². The van der Waals surface area contributed by atoms with Gasteiger partial charge in [-0.3, -0.25) is 0 Å². The second-order valence-corrected chi connectivity index (χ2v) is 15.9. The summed E-state index contributed by atoms with van der Waals surface area (Å²) in [6, 6.07) is 72.8. The van der Waals surface area contributed by atoms with E-state index in [1.807, 2.05) is 23.5 Å². The minimum Gasteiger partial charge on any atom is -0.455 e. The second kappa shape index (κ2) is 12.7. The predicted molar refractivity (Wildman–Crippen MR) is 245 cm³/mol. The van der Waals surface area contributed by atoms with Gasteiger partial charge in [0, 0.05) is 58.7 Å². The number of fused-ring (bicyclic) bond motifs is 10. The van der Waals surface area contributed by atoms with Crippen LogP contribution in [0, 0.1) is 0 Å². The number of nitrogens with zero attached hydrogens (tertiary/aromatic N) is 1. The Balaban J connectivity index is 1.04. The maximum Gasteiger partial charge on any atom is 0.143 e. The van der Waals surface area contributed by atoms with Gasteiger partial charge in [-0.2, -0.15) is 0 Å². The van der Waals surface area contributed by atoms with E-state index in [1.54, 1.807) is 0 Å². The average Bonchev–Trinajstić information content (AvgIpc) is 3.85. The standard InChI is InChI=1S/C54H33NOS/c1-3-13-38-31-40(29-27-34(38)11-1)55(41-30-28-35-12-2-4-14-39(35)32-41)50-33-49-48-21-10-19-43(53(48)57-54(49)47-17-6-5-15-44(47)50)37-25-23-36(24-26-37)42-18-9-20-46-45-16-7-8-22-51(45)56-52(42)46/h1-33H. The van der Waals surface area contributed by atoms with Gasteiger partial charge in [-0.1, -0.05) is 164 Å². The Bertz CT molecular complexity index is 3460. The summed E-state index contributed by atoms with van der Waals surface area (Å²) >= 11 is 1.90. The molecule has 0 amide bonds. The number of hydrogen-bond acceptors (Lipinski definition) is 3. The van der Waals surface area contributed by atoms with Gasteiger partial charge in [0.25, 0.3) is 0 Å². The van der Waals surface area contributed by atoms with Gasteiger partial charge in [-0.05, 0) is 74.6 Å². The molecule has 0 aliphatic heterocycles. The first-order valence-corrected chi connectivity index (χ1v) is 20.2. The van der Waals surface area contributed by atoms with Gasteiger partial charge in [0.1, 0.15) is 11.2 Å². The van der Waals surface area contributed by atoms with E-state index < -0.39 is 0 Å². The molecule has 0 atom stereocenters. The summed E-state index contributed by atoms with van der Waals surface area (Å²) in [5, 5.41) is 12.2. The Labute approximate surface area is 333 Å². The van der Waals surface area contributed by atoms with E-state index >= 15 is 0 Å². The number of benzene rings is 10. The van der Waals surface area contributed by atoms with Crippen molar-refractivity contribution in [2.45, 2.75) is 0 Å². The van der Waals surface area contributed by atoms with E-state index in [0.717, 1.165) is 50.1 Å². The lowest BCUT2D eigenvalue weighted by Gasteiger charge is -2.28. The molecule has 266 valence electrons. The highest BCUT2D eigenvalue weighted by Crippen LogP contribution is 2.49. The third kappa shape index (κ3) is 5.10. The van der Waals surface area contributed by atoms with E-state index in [1.165, 1.54) is 63.6 Å². The van der Waals surface area contributed by atoms with Crippen LogP contribution in [0.3, 0.4) is 0 Å². The van der Waals surface area contributed by atoms with Crippen molar-refractivity contribution in [1.29, 1.82) is 0 Å². The molecule has 10 aromatic carbocycles. The third-order valence-corrected chi connectivity index (χ3v) is 12.9. The molecule has 0 aliphatic carbocycles. The summed E-state index contributed by atoms with van der Waals surface area (Å²) in [6.07, 6.45) is 0. The number of hydrogen-bond donors (Lipinski definition) is 0. The Morgan fingerprint density at radius 1 is 0.351 bits per heavy atom. The Morgan fingerprint density at radius 2 is 0.877 bits per heavy atom. The maximum absolute atomic E-state index is 6.40. The molecular weight excluding hydrogens is 711 g/mol. The van der Waals surface area contributed by atoms with Crippen molar-refractivity contribution < 1.29 is 4.42 Å². The van der Waals surface area contributed by atoms with Crippen molar-refractivity contribution in [2.24, 2.45) is 0 Å². The highest BCUT2D eigenvalue weighted by atomic mass is 32.1. The Hall–Kier alpha value is -7.20. The summed E-state index contributed by atoms with van der Waals surface area (Å²) in [5.74, 6) is 0. The second-order valence-electron chi connectivity index (χ2n) is 14.9. The predicted octanol–water partition coefficient (Wildman–Crippen LogP) is 16.2. The van der Waals surface area contributed by atoms with Crippen LogP contribution in [0.2, 0.25) is 0 Å². The number of furan rings is 1. The lowest BCUT2D eigenvalue weighted by molar-refractivity contribution is 0.670. The molecule has 0 aliphatic rings. The summed E-state index contributed by atoms with van der Waals surface area (Å²) in [6.45, 7) is 0. The topological polar surface area (TPSA) is 16.4 Å². The van der Waals surface area contributed by atoms with E-state index in [2.05, 4.69) is 193 Å². The van der Waals surface area contributed by atoms with Crippen LogP contribution in [0.25, 0.3) is 96.7 Å². The molecule has 12 rings (SSSR count). The summed E-state index contributed by atoms with van der Waals surface area (Å²) in [5.41, 5.74) is 9.97. The monoisotopic (exact) mass is 743 g/mol. The zero-order valence-corrected chi connectivity index (χ0v) is 31.6. The zero-order chi connectivity index (χ0) is 37.5. The fraction of sp³-hybridized carbons (Fsp3) is 0. The van der Waals surface area contributed by atoms with Crippen molar-refractivity contribution in [3.05, 3.63) is 200 Å². The summed E-state index contributed by atoms with van der Waals surface area (Å²) < 4.78 is 9.00. The van der Waals surface area contributed by atoms with Crippen LogP contribution >= 0.6 is 11.3 Å².